The standard InChI is InChI=1S/C25H23N7O4S/c1-37(34,35)31-17-9-15(12-26-14-17)16-10-20-23(29-30-24(20)27-13-16)22-11-19-18(3-2-4-21(19)28-22)25(33)32-5-7-36-8-6-32/h2-4,9-14,28,31H,5-8H2,1H3,(H,27,29,30). The predicted molar refractivity (Wildman–Crippen MR) is 140 cm³/mol. The van der Waals surface area contributed by atoms with E-state index in [0.29, 0.717) is 54.5 Å². The molecule has 37 heavy (non-hydrogen) atoms. The molecule has 11 nitrogen and oxygen atoms in total. The molecule has 1 aliphatic heterocycles. The zero-order valence-electron chi connectivity index (χ0n) is 19.9. The van der Waals surface area contributed by atoms with Crippen LogP contribution in [0.4, 0.5) is 5.69 Å². The van der Waals surface area contributed by atoms with Gasteiger partial charge in [-0.15, -0.1) is 0 Å². The highest BCUT2D eigenvalue weighted by molar-refractivity contribution is 7.92. The van der Waals surface area contributed by atoms with Crippen LogP contribution in [0, 0.1) is 0 Å². The molecule has 3 N–H and O–H groups in total. The van der Waals surface area contributed by atoms with Crippen molar-refractivity contribution in [2.24, 2.45) is 0 Å². The molecule has 0 saturated carbocycles. The summed E-state index contributed by atoms with van der Waals surface area (Å²) in [5.74, 6) is -0.0228. The molecule has 0 radical (unpaired) electrons. The van der Waals surface area contributed by atoms with Crippen LogP contribution in [0.2, 0.25) is 0 Å². The van der Waals surface area contributed by atoms with E-state index in [0.717, 1.165) is 33.8 Å². The fraction of sp³-hybridized carbons (Fsp3) is 0.200. The van der Waals surface area contributed by atoms with Crippen molar-refractivity contribution in [2.75, 3.05) is 37.3 Å². The highest BCUT2D eigenvalue weighted by Crippen LogP contribution is 2.32. The topological polar surface area (TPSA) is 146 Å². The van der Waals surface area contributed by atoms with Gasteiger partial charge in [0.15, 0.2) is 5.65 Å². The summed E-state index contributed by atoms with van der Waals surface area (Å²) >= 11 is 0. The van der Waals surface area contributed by atoms with Crippen molar-refractivity contribution in [2.45, 2.75) is 0 Å². The van der Waals surface area contributed by atoms with Crippen LogP contribution >= 0.6 is 0 Å². The van der Waals surface area contributed by atoms with Crippen molar-refractivity contribution in [1.29, 1.82) is 0 Å². The smallest absolute Gasteiger partial charge is 0.254 e. The molecule has 0 atom stereocenters. The van der Waals surface area contributed by atoms with Crippen LogP contribution in [-0.2, 0) is 14.8 Å². The first-order valence-electron chi connectivity index (χ1n) is 11.6. The minimum absolute atomic E-state index is 0.0228. The highest BCUT2D eigenvalue weighted by Gasteiger charge is 2.22. The maximum atomic E-state index is 13.2. The zero-order valence-corrected chi connectivity index (χ0v) is 20.7. The third kappa shape index (κ3) is 4.52. The van der Waals surface area contributed by atoms with E-state index in [-0.39, 0.29) is 5.91 Å². The molecular formula is C25H23N7O4S. The lowest BCUT2D eigenvalue weighted by molar-refractivity contribution is 0.0304. The second kappa shape index (κ2) is 8.98. The maximum Gasteiger partial charge on any atom is 0.254 e. The summed E-state index contributed by atoms with van der Waals surface area (Å²) in [6, 6.07) is 11.2. The quantitative estimate of drug-likeness (QED) is 0.325. The number of hydrogen-bond acceptors (Lipinski definition) is 7. The molecule has 12 heteroatoms. The first-order valence-corrected chi connectivity index (χ1v) is 13.5. The molecule has 0 aliphatic carbocycles. The lowest BCUT2D eigenvalue weighted by Crippen LogP contribution is -2.40. The SMILES string of the molecule is CS(=O)(=O)Nc1cncc(-c2cnc3[nH]nc(-c4cc5c(C(=O)N6CCOCC6)cccc5[nH]4)c3c2)c1. The number of nitrogens with one attached hydrogen (secondary N) is 3. The molecule has 1 aliphatic rings. The minimum atomic E-state index is -3.43. The van der Waals surface area contributed by atoms with Crippen molar-refractivity contribution in [3.05, 3.63) is 60.6 Å². The Kier molecular flexibility index (Phi) is 5.61. The summed E-state index contributed by atoms with van der Waals surface area (Å²) in [4.78, 5) is 27.1. The average Bonchev–Trinajstić information content (AvgIpc) is 3.51. The minimum Gasteiger partial charge on any atom is -0.378 e. The van der Waals surface area contributed by atoms with Gasteiger partial charge in [0.1, 0.15) is 5.69 Å². The molecule has 4 aromatic heterocycles. The number of aromatic amines is 2. The second-order valence-corrected chi connectivity index (χ2v) is 10.6. The number of anilines is 1. The maximum absolute atomic E-state index is 13.2. The van der Waals surface area contributed by atoms with Gasteiger partial charge in [-0.2, -0.15) is 5.10 Å². The fourth-order valence-electron chi connectivity index (χ4n) is 4.54. The lowest BCUT2D eigenvalue weighted by Gasteiger charge is -2.27. The Bertz CT molecular complexity index is 1750. The number of pyridine rings is 2. The van der Waals surface area contributed by atoms with Crippen molar-refractivity contribution in [3.8, 4) is 22.5 Å². The van der Waals surface area contributed by atoms with Crippen LogP contribution < -0.4 is 4.72 Å². The summed E-state index contributed by atoms with van der Waals surface area (Å²) in [6.07, 6.45) is 5.85. The number of ether oxygens (including phenoxy) is 1. The van der Waals surface area contributed by atoms with Gasteiger partial charge < -0.3 is 14.6 Å². The van der Waals surface area contributed by atoms with E-state index < -0.39 is 10.0 Å². The number of benzene rings is 1. The monoisotopic (exact) mass is 517 g/mol. The van der Waals surface area contributed by atoms with Crippen molar-refractivity contribution >= 4 is 43.6 Å². The predicted octanol–water partition coefficient (Wildman–Crippen LogP) is 3.01. The summed E-state index contributed by atoms with van der Waals surface area (Å²) in [5.41, 5.74) is 5.27. The Morgan fingerprint density at radius 1 is 1.05 bits per heavy atom. The number of carbonyl (C=O) groups is 1. The summed E-state index contributed by atoms with van der Waals surface area (Å²) in [6.45, 7) is 2.22. The molecular weight excluding hydrogens is 494 g/mol. The first-order chi connectivity index (χ1) is 17.9. The van der Waals surface area contributed by atoms with Gasteiger partial charge >= 0.3 is 0 Å². The normalized spacial score (nSPS) is 14.4. The van der Waals surface area contributed by atoms with E-state index in [1.165, 1.54) is 6.20 Å². The van der Waals surface area contributed by atoms with Gasteiger partial charge in [0.2, 0.25) is 10.0 Å². The number of rotatable bonds is 5. The third-order valence-corrected chi connectivity index (χ3v) is 6.85. The first kappa shape index (κ1) is 23.1. The molecule has 5 heterocycles. The van der Waals surface area contributed by atoms with Crippen molar-refractivity contribution < 1.29 is 17.9 Å². The highest BCUT2D eigenvalue weighted by atomic mass is 32.2. The van der Waals surface area contributed by atoms with Crippen LogP contribution in [0.25, 0.3) is 44.5 Å². The average molecular weight is 518 g/mol. The van der Waals surface area contributed by atoms with Gasteiger partial charge in [0, 0.05) is 58.5 Å². The molecule has 0 spiro atoms. The number of fused-ring (bicyclic) bond motifs is 2. The molecule has 0 bridgehead atoms. The van der Waals surface area contributed by atoms with Crippen molar-refractivity contribution in [1.82, 2.24) is 30.0 Å². The van der Waals surface area contributed by atoms with Crippen molar-refractivity contribution in [3.63, 3.8) is 0 Å². The van der Waals surface area contributed by atoms with Gasteiger partial charge in [0.25, 0.3) is 5.91 Å². The Hall–Kier alpha value is -4.29. The molecule has 1 aromatic carbocycles. The van der Waals surface area contributed by atoms with E-state index in [2.05, 4.69) is 29.9 Å². The van der Waals surface area contributed by atoms with Gasteiger partial charge in [-0.05, 0) is 30.3 Å². The van der Waals surface area contributed by atoms with Crippen LogP contribution in [0.5, 0.6) is 0 Å². The van der Waals surface area contributed by atoms with E-state index in [1.807, 2.05) is 35.2 Å². The molecule has 1 amide bonds. The molecule has 6 rings (SSSR count). The largest absolute Gasteiger partial charge is 0.378 e. The third-order valence-electron chi connectivity index (χ3n) is 6.24. The fourth-order valence-corrected chi connectivity index (χ4v) is 5.08. The Morgan fingerprint density at radius 2 is 1.86 bits per heavy atom. The van der Waals surface area contributed by atoms with E-state index in [9.17, 15) is 13.2 Å². The summed E-state index contributed by atoms with van der Waals surface area (Å²) in [7, 11) is -3.43. The number of aromatic nitrogens is 5. The number of morpholine rings is 1. The molecule has 1 saturated heterocycles. The Balaban J connectivity index is 1.39. The number of H-pyrrole nitrogens is 2. The Labute approximate surface area is 211 Å². The Morgan fingerprint density at radius 3 is 2.68 bits per heavy atom. The summed E-state index contributed by atoms with van der Waals surface area (Å²) < 4.78 is 31.1. The molecule has 188 valence electrons. The molecule has 1 fully saturated rings. The number of sulfonamides is 1. The number of carbonyl (C=O) groups excluding carboxylic acids is 1. The number of hydrogen-bond donors (Lipinski definition) is 3. The number of nitrogens with zero attached hydrogens (tertiary/aromatic N) is 4. The molecule has 5 aromatic rings. The molecule has 0 unspecified atom stereocenters. The van der Waals surface area contributed by atoms with Crippen LogP contribution in [0.3, 0.4) is 0 Å². The van der Waals surface area contributed by atoms with E-state index in [4.69, 9.17) is 4.74 Å². The summed E-state index contributed by atoms with van der Waals surface area (Å²) in [5, 5.41) is 9.04. The van der Waals surface area contributed by atoms with E-state index >= 15 is 0 Å². The zero-order chi connectivity index (χ0) is 25.6. The van der Waals surface area contributed by atoms with Gasteiger partial charge in [-0.3, -0.25) is 19.6 Å². The van der Waals surface area contributed by atoms with E-state index in [1.54, 1.807) is 18.5 Å². The number of amides is 1. The lowest BCUT2D eigenvalue weighted by atomic mass is 10.1. The van der Waals surface area contributed by atoms with Gasteiger partial charge in [-0.25, -0.2) is 13.4 Å². The van der Waals surface area contributed by atoms with Crippen LogP contribution in [0.15, 0.2) is 55.0 Å². The van der Waals surface area contributed by atoms with Gasteiger partial charge in [0.05, 0.1) is 37.0 Å². The van der Waals surface area contributed by atoms with Crippen LogP contribution in [0.1, 0.15) is 10.4 Å². The van der Waals surface area contributed by atoms with Crippen LogP contribution in [-0.4, -0.2) is 76.9 Å². The van der Waals surface area contributed by atoms with Gasteiger partial charge in [-0.1, -0.05) is 6.07 Å². The second-order valence-electron chi connectivity index (χ2n) is 8.88.